The summed E-state index contributed by atoms with van der Waals surface area (Å²) >= 11 is 0. The molecule has 0 unspecified atom stereocenters. The van der Waals surface area contributed by atoms with Crippen LogP contribution in [-0.4, -0.2) is 71.3 Å². The van der Waals surface area contributed by atoms with Gasteiger partial charge in [-0.15, -0.1) is 13.2 Å². The fourth-order valence-electron chi connectivity index (χ4n) is 4.52. The van der Waals surface area contributed by atoms with Crippen LogP contribution in [0.4, 0.5) is 22.8 Å². The van der Waals surface area contributed by atoms with Gasteiger partial charge in [-0.1, -0.05) is 55.8 Å². The van der Waals surface area contributed by atoms with E-state index in [0.717, 1.165) is 17.0 Å². The van der Waals surface area contributed by atoms with Crippen LogP contribution in [0.3, 0.4) is 0 Å². The van der Waals surface area contributed by atoms with Crippen molar-refractivity contribution in [1.82, 2.24) is 14.8 Å². The van der Waals surface area contributed by atoms with E-state index in [1.54, 1.807) is 36.8 Å². The summed E-state index contributed by atoms with van der Waals surface area (Å²) in [6.45, 7) is 11.7. The third-order valence-electron chi connectivity index (χ3n) is 6.30. The topological polar surface area (TPSA) is 74.7 Å². The van der Waals surface area contributed by atoms with Crippen molar-refractivity contribution in [2.75, 3.05) is 19.6 Å². The van der Waals surface area contributed by atoms with Gasteiger partial charge < -0.3 is 19.3 Å². The highest BCUT2D eigenvalue weighted by molar-refractivity contribution is 5.79. The molecule has 1 saturated heterocycles. The van der Waals surface area contributed by atoms with Crippen LogP contribution in [0, 0.1) is 0 Å². The number of carbonyl (C=O) groups excluding carboxylic acids is 2. The molecule has 1 aliphatic heterocycles. The van der Waals surface area contributed by atoms with Gasteiger partial charge >= 0.3 is 18.5 Å². The number of hydrogen-bond donors (Lipinski definition) is 0. The number of halogens is 3. The number of urea groups is 1. The molecule has 3 rings (SSSR count). The molecular formula is C30H37F3N4O4. The Hall–Kier alpha value is -4.02. The summed E-state index contributed by atoms with van der Waals surface area (Å²) < 4.78 is 47.3. The van der Waals surface area contributed by atoms with Gasteiger partial charge in [0.05, 0.1) is 6.04 Å². The third-order valence-corrected chi connectivity index (χ3v) is 6.30. The minimum atomic E-state index is -4.79. The molecule has 3 amide bonds. The van der Waals surface area contributed by atoms with Crippen LogP contribution < -0.4 is 4.74 Å². The first-order valence-corrected chi connectivity index (χ1v) is 13.4. The van der Waals surface area contributed by atoms with Crippen LogP contribution in [0.2, 0.25) is 0 Å². The predicted octanol–water partition coefficient (Wildman–Crippen LogP) is 6.93. The van der Waals surface area contributed by atoms with Crippen LogP contribution in [0.15, 0.2) is 65.9 Å². The zero-order chi connectivity index (χ0) is 30.2. The Balaban J connectivity index is 1.86. The number of piperazine rings is 1. The maximum Gasteiger partial charge on any atom is 0.573 e. The zero-order valence-corrected chi connectivity index (χ0v) is 23.9. The number of ether oxygens (including phenoxy) is 2. The lowest BCUT2D eigenvalue weighted by Crippen LogP contribution is -2.59. The molecule has 8 nitrogen and oxygen atoms in total. The van der Waals surface area contributed by atoms with Gasteiger partial charge in [0.1, 0.15) is 11.4 Å². The summed E-state index contributed by atoms with van der Waals surface area (Å²) in [6, 6.07) is 14.3. The molecule has 0 spiro atoms. The molecule has 222 valence electrons. The highest BCUT2D eigenvalue weighted by Gasteiger charge is 2.36. The second kappa shape index (κ2) is 13.6. The molecule has 1 atom stereocenters. The van der Waals surface area contributed by atoms with Crippen LogP contribution in [0.5, 0.6) is 5.75 Å². The number of hydrogen-bond acceptors (Lipinski definition) is 5. The van der Waals surface area contributed by atoms with Crippen molar-refractivity contribution in [2.24, 2.45) is 5.10 Å². The van der Waals surface area contributed by atoms with Crippen LogP contribution in [0.25, 0.3) is 5.57 Å². The summed E-state index contributed by atoms with van der Waals surface area (Å²) in [7, 11) is 0. The fourth-order valence-corrected chi connectivity index (χ4v) is 4.52. The lowest BCUT2D eigenvalue weighted by molar-refractivity contribution is -0.274. The molecule has 2 aromatic rings. The van der Waals surface area contributed by atoms with E-state index in [1.807, 2.05) is 37.3 Å². The highest BCUT2D eigenvalue weighted by Crippen LogP contribution is 2.28. The van der Waals surface area contributed by atoms with Gasteiger partial charge in [-0.3, -0.25) is 0 Å². The van der Waals surface area contributed by atoms with Crippen molar-refractivity contribution < 1.29 is 32.2 Å². The van der Waals surface area contributed by atoms with Gasteiger partial charge in [0.15, 0.2) is 0 Å². The Bertz CT molecular complexity index is 1210. The number of hydrazone groups is 1. The van der Waals surface area contributed by atoms with Crippen LogP contribution >= 0.6 is 0 Å². The summed E-state index contributed by atoms with van der Waals surface area (Å²) in [4.78, 5) is 29.9. The van der Waals surface area contributed by atoms with Gasteiger partial charge in [-0.05, 0) is 62.4 Å². The van der Waals surface area contributed by atoms with Crippen molar-refractivity contribution in [3.63, 3.8) is 0 Å². The number of amides is 3. The van der Waals surface area contributed by atoms with E-state index >= 15 is 0 Å². The average molecular weight is 575 g/mol. The maximum atomic E-state index is 13.8. The standard InChI is InChI=1S/C30H37F3N4O4/c1-6-10-24(23-13-15-26(16-14-23)40-30(31,32)33)20-37(34-5)27(38)36-18-17-35(28(39)41-29(2,3)4)21-25(36)19-22-11-8-7-9-12-22/h7-9,11-16,20,25H,5-6,10,17-19,21H2,1-4H3/b24-20+/t25-/m1/s1. The number of carbonyl (C=O) groups is 2. The first kappa shape index (κ1) is 31.5. The van der Waals surface area contributed by atoms with Crippen molar-refractivity contribution in [3.8, 4) is 5.75 Å². The number of nitrogens with zero attached hydrogens (tertiary/aromatic N) is 4. The first-order chi connectivity index (χ1) is 19.3. The molecule has 11 heteroatoms. The molecule has 0 radical (unpaired) electrons. The summed E-state index contributed by atoms with van der Waals surface area (Å²) in [5.74, 6) is -0.335. The van der Waals surface area contributed by atoms with Crippen LogP contribution in [-0.2, 0) is 11.2 Å². The van der Waals surface area contributed by atoms with E-state index in [9.17, 15) is 22.8 Å². The molecule has 2 aromatic carbocycles. The molecule has 0 bridgehead atoms. The summed E-state index contributed by atoms with van der Waals surface area (Å²) in [5, 5.41) is 5.10. The quantitative estimate of drug-likeness (QED) is 0.253. The smallest absolute Gasteiger partial charge is 0.444 e. The van der Waals surface area contributed by atoms with Gasteiger partial charge in [0.25, 0.3) is 0 Å². The monoisotopic (exact) mass is 574 g/mol. The van der Waals surface area contributed by atoms with Crippen molar-refractivity contribution in [2.45, 2.75) is 65.0 Å². The van der Waals surface area contributed by atoms with Crippen molar-refractivity contribution in [3.05, 3.63) is 71.9 Å². The Morgan fingerprint density at radius 3 is 2.29 bits per heavy atom. The summed E-state index contributed by atoms with van der Waals surface area (Å²) in [6.07, 6.45) is -1.91. The molecular weight excluding hydrogens is 537 g/mol. The fraction of sp³-hybridized carbons (Fsp3) is 0.433. The van der Waals surface area contributed by atoms with Gasteiger partial charge in [0.2, 0.25) is 0 Å². The lowest BCUT2D eigenvalue weighted by atomic mass is 10.0. The van der Waals surface area contributed by atoms with E-state index in [2.05, 4.69) is 16.6 Å². The van der Waals surface area contributed by atoms with E-state index in [-0.39, 0.29) is 31.4 Å². The molecule has 0 N–H and O–H groups in total. The zero-order valence-electron chi connectivity index (χ0n) is 23.9. The van der Waals surface area contributed by atoms with Crippen LogP contribution in [0.1, 0.15) is 51.7 Å². The number of rotatable bonds is 8. The Morgan fingerprint density at radius 2 is 1.73 bits per heavy atom. The highest BCUT2D eigenvalue weighted by atomic mass is 19.4. The molecule has 41 heavy (non-hydrogen) atoms. The normalized spacial score (nSPS) is 16.3. The molecule has 0 saturated carbocycles. The minimum absolute atomic E-state index is 0.252. The minimum Gasteiger partial charge on any atom is -0.444 e. The molecule has 1 heterocycles. The lowest BCUT2D eigenvalue weighted by Gasteiger charge is -2.42. The van der Waals surface area contributed by atoms with Crippen molar-refractivity contribution >= 4 is 24.4 Å². The largest absolute Gasteiger partial charge is 0.573 e. The van der Waals surface area contributed by atoms with Crippen molar-refractivity contribution in [1.29, 1.82) is 0 Å². The average Bonchev–Trinajstić information content (AvgIpc) is 2.90. The predicted molar refractivity (Wildman–Crippen MR) is 151 cm³/mol. The number of allylic oxidation sites excluding steroid dienone is 1. The van der Waals surface area contributed by atoms with E-state index in [1.165, 1.54) is 24.3 Å². The molecule has 1 aliphatic rings. The Morgan fingerprint density at radius 1 is 1.07 bits per heavy atom. The molecule has 0 aromatic heterocycles. The number of alkyl halides is 3. The number of benzene rings is 2. The van der Waals surface area contributed by atoms with E-state index < -0.39 is 24.1 Å². The summed E-state index contributed by atoms with van der Waals surface area (Å²) in [5.41, 5.74) is 1.67. The van der Waals surface area contributed by atoms with E-state index in [4.69, 9.17) is 4.74 Å². The van der Waals surface area contributed by atoms with Gasteiger partial charge in [-0.25, -0.2) is 9.59 Å². The van der Waals surface area contributed by atoms with Gasteiger partial charge in [-0.2, -0.15) is 10.1 Å². The molecule has 1 fully saturated rings. The third kappa shape index (κ3) is 9.54. The first-order valence-electron chi connectivity index (χ1n) is 13.4. The second-order valence-corrected chi connectivity index (χ2v) is 10.7. The SMILES string of the molecule is C=NN(/C=C(\CCC)c1ccc(OC(F)(F)F)cc1)C(=O)N1CCN(C(=O)OC(C)(C)C)C[C@H]1Cc1ccccc1. The Labute approximate surface area is 239 Å². The second-order valence-electron chi connectivity index (χ2n) is 10.7. The molecule has 0 aliphatic carbocycles. The maximum absolute atomic E-state index is 13.8. The Kier molecular flexibility index (Phi) is 10.4. The van der Waals surface area contributed by atoms with Gasteiger partial charge in [0, 0.05) is 32.6 Å². The van der Waals surface area contributed by atoms with E-state index in [0.29, 0.717) is 24.0 Å².